The van der Waals surface area contributed by atoms with Crippen molar-refractivity contribution in [1.29, 1.82) is 5.26 Å². The highest BCUT2D eigenvalue weighted by Gasteiger charge is 2.14. The van der Waals surface area contributed by atoms with Crippen molar-refractivity contribution in [2.45, 2.75) is 20.8 Å². The molecule has 2 aromatic carbocycles. The van der Waals surface area contributed by atoms with Crippen LogP contribution in [0.25, 0.3) is 6.08 Å². The number of methoxy groups -OCH3 is 1. The molecule has 2 rings (SSSR count). The predicted octanol–water partition coefficient (Wildman–Crippen LogP) is 4.86. The zero-order valence-corrected chi connectivity index (χ0v) is 17.9. The second kappa shape index (κ2) is 9.42. The Morgan fingerprint density at radius 3 is 2.63 bits per heavy atom. The molecule has 0 atom stereocenters. The first-order valence-corrected chi connectivity index (χ1v) is 9.48. The average molecular weight is 476 g/mol. The molecule has 0 spiro atoms. The first-order valence-electron chi connectivity index (χ1n) is 8.40. The van der Waals surface area contributed by atoms with Crippen LogP contribution in [-0.4, -0.2) is 19.6 Å². The van der Waals surface area contributed by atoms with Crippen molar-refractivity contribution in [2.75, 3.05) is 19.0 Å². The molecule has 0 saturated carbocycles. The normalized spacial score (nSPS) is 10.9. The molecule has 0 radical (unpaired) electrons. The Balaban J connectivity index is 2.34. The summed E-state index contributed by atoms with van der Waals surface area (Å²) in [5.41, 5.74) is 3.44. The van der Waals surface area contributed by atoms with Gasteiger partial charge in [0.2, 0.25) is 0 Å². The Kier molecular flexibility index (Phi) is 7.25. The van der Waals surface area contributed by atoms with Crippen LogP contribution in [0.15, 0.2) is 35.9 Å². The van der Waals surface area contributed by atoms with E-state index >= 15 is 0 Å². The summed E-state index contributed by atoms with van der Waals surface area (Å²) >= 11 is 2.14. The number of rotatable bonds is 6. The van der Waals surface area contributed by atoms with E-state index in [4.69, 9.17) is 9.47 Å². The fraction of sp³-hybridized carbons (Fsp3) is 0.238. The summed E-state index contributed by atoms with van der Waals surface area (Å²) in [6.07, 6.45) is 1.54. The maximum absolute atomic E-state index is 12.5. The summed E-state index contributed by atoms with van der Waals surface area (Å²) in [6.45, 7) is 6.27. The minimum Gasteiger partial charge on any atom is -0.492 e. The highest BCUT2D eigenvalue weighted by molar-refractivity contribution is 14.1. The molecule has 2 aromatic rings. The van der Waals surface area contributed by atoms with Crippen LogP contribution in [0.4, 0.5) is 5.69 Å². The fourth-order valence-electron chi connectivity index (χ4n) is 2.59. The number of benzene rings is 2. The fourth-order valence-corrected chi connectivity index (χ4v) is 3.44. The van der Waals surface area contributed by atoms with E-state index in [2.05, 4.69) is 27.9 Å². The van der Waals surface area contributed by atoms with Gasteiger partial charge in [0, 0.05) is 5.69 Å². The van der Waals surface area contributed by atoms with Crippen molar-refractivity contribution in [2.24, 2.45) is 0 Å². The van der Waals surface area contributed by atoms with Crippen molar-refractivity contribution in [1.82, 2.24) is 0 Å². The molecule has 0 bridgehead atoms. The predicted molar refractivity (Wildman–Crippen MR) is 115 cm³/mol. The van der Waals surface area contributed by atoms with Gasteiger partial charge in [0.15, 0.2) is 11.5 Å². The van der Waals surface area contributed by atoms with Gasteiger partial charge in [-0.05, 0) is 78.8 Å². The summed E-state index contributed by atoms with van der Waals surface area (Å²) < 4.78 is 11.8. The molecule has 27 heavy (non-hydrogen) atoms. The largest absolute Gasteiger partial charge is 0.492 e. The standard InChI is InChI=1S/C21H21IN2O3/c1-5-27-19-11-15(10-17(22)20(19)26-4)9-16(12-23)21(25)24-18-7-6-13(2)8-14(18)3/h6-11H,5H2,1-4H3,(H,24,25)/b16-9-. The van der Waals surface area contributed by atoms with Crippen LogP contribution in [0.2, 0.25) is 0 Å². The van der Waals surface area contributed by atoms with Gasteiger partial charge < -0.3 is 14.8 Å². The number of nitriles is 1. The number of carbonyl (C=O) groups excluding carboxylic acids is 1. The van der Waals surface area contributed by atoms with Crippen LogP contribution in [0.3, 0.4) is 0 Å². The SMILES string of the molecule is CCOc1cc(/C=C(/C#N)C(=O)Nc2ccc(C)cc2C)cc(I)c1OC. The van der Waals surface area contributed by atoms with Crippen molar-refractivity contribution in [3.05, 3.63) is 56.2 Å². The molecule has 0 unspecified atom stereocenters. The molecule has 1 N–H and O–H groups in total. The van der Waals surface area contributed by atoms with Gasteiger partial charge in [-0.2, -0.15) is 5.26 Å². The van der Waals surface area contributed by atoms with Gasteiger partial charge in [-0.1, -0.05) is 17.7 Å². The minimum atomic E-state index is -0.451. The van der Waals surface area contributed by atoms with E-state index in [-0.39, 0.29) is 5.57 Å². The highest BCUT2D eigenvalue weighted by Crippen LogP contribution is 2.34. The Morgan fingerprint density at radius 2 is 2.04 bits per heavy atom. The Morgan fingerprint density at radius 1 is 1.30 bits per heavy atom. The number of carbonyl (C=O) groups is 1. The van der Waals surface area contributed by atoms with Crippen molar-refractivity contribution >= 4 is 40.3 Å². The van der Waals surface area contributed by atoms with Crippen LogP contribution in [0.5, 0.6) is 11.5 Å². The average Bonchev–Trinajstić information content (AvgIpc) is 2.62. The number of halogens is 1. The zero-order chi connectivity index (χ0) is 20.0. The lowest BCUT2D eigenvalue weighted by Crippen LogP contribution is -2.14. The van der Waals surface area contributed by atoms with Gasteiger partial charge >= 0.3 is 0 Å². The molecule has 0 heterocycles. The number of aryl methyl sites for hydroxylation is 2. The summed E-state index contributed by atoms with van der Waals surface area (Å²) in [5.74, 6) is 0.756. The number of nitrogens with one attached hydrogen (secondary N) is 1. The van der Waals surface area contributed by atoms with E-state index in [0.717, 1.165) is 14.7 Å². The lowest BCUT2D eigenvalue weighted by atomic mass is 10.1. The minimum absolute atomic E-state index is 0.0124. The first kappa shape index (κ1) is 20.8. The molecule has 0 aliphatic carbocycles. The summed E-state index contributed by atoms with van der Waals surface area (Å²) in [6, 6.07) is 11.3. The maximum Gasteiger partial charge on any atom is 0.266 e. The van der Waals surface area contributed by atoms with Crippen molar-refractivity contribution < 1.29 is 14.3 Å². The second-order valence-corrected chi connectivity index (χ2v) is 7.07. The number of hydrogen-bond acceptors (Lipinski definition) is 4. The molecular weight excluding hydrogens is 455 g/mol. The van der Waals surface area contributed by atoms with Crippen molar-refractivity contribution in [3.8, 4) is 17.6 Å². The van der Waals surface area contributed by atoms with Gasteiger partial charge in [-0.3, -0.25) is 4.79 Å². The molecule has 5 nitrogen and oxygen atoms in total. The van der Waals surface area contributed by atoms with E-state index in [0.29, 0.717) is 29.4 Å². The topological polar surface area (TPSA) is 71.3 Å². The van der Waals surface area contributed by atoms with Crippen LogP contribution < -0.4 is 14.8 Å². The number of anilines is 1. The Bertz CT molecular complexity index is 930. The Hall–Kier alpha value is -2.53. The molecule has 0 fully saturated rings. The van der Waals surface area contributed by atoms with E-state index in [1.165, 1.54) is 0 Å². The molecule has 6 heteroatoms. The number of nitrogens with zero attached hydrogens (tertiary/aromatic N) is 1. The van der Waals surface area contributed by atoms with Gasteiger partial charge in [-0.25, -0.2) is 0 Å². The molecule has 140 valence electrons. The Labute approximate surface area is 173 Å². The van der Waals surface area contributed by atoms with Gasteiger partial charge in [0.25, 0.3) is 5.91 Å². The number of hydrogen-bond donors (Lipinski definition) is 1. The molecule has 1 amide bonds. The third-order valence-electron chi connectivity index (χ3n) is 3.84. The molecular formula is C21H21IN2O3. The van der Waals surface area contributed by atoms with Crippen LogP contribution >= 0.6 is 22.6 Å². The monoisotopic (exact) mass is 476 g/mol. The summed E-state index contributed by atoms with van der Waals surface area (Å²) in [4.78, 5) is 12.5. The first-order chi connectivity index (χ1) is 12.9. The molecule has 0 aliphatic rings. The molecule has 0 aliphatic heterocycles. The molecule has 0 aromatic heterocycles. The molecule has 0 saturated heterocycles. The van der Waals surface area contributed by atoms with Gasteiger partial charge in [-0.15, -0.1) is 0 Å². The second-order valence-electron chi connectivity index (χ2n) is 5.91. The van der Waals surface area contributed by atoms with E-state index < -0.39 is 5.91 Å². The van der Waals surface area contributed by atoms with Gasteiger partial charge in [0.05, 0.1) is 17.3 Å². The van der Waals surface area contributed by atoms with E-state index in [1.807, 2.05) is 51.1 Å². The van der Waals surface area contributed by atoms with E-state index in [1.54, 1.807) is 19.3 Å². The smallest absolute Gasteiger partial charge is 0.266 e. The third-order valence-corrected chi connectivity index (χ3v) is 4.64. The van der Waals surface area contributed by atoms with Crippen molar-refractivity contribution in [3.63, 3.8) is 0 Å². The quantitative estimate of drug-likeness (QED) is 0.367. The van der Waals surface area contributed by atoms with Crippen LogP contribution in [0, 0.1) is 28.7 Å². The third kappa shape index (κ3) is 5.23. The van der Waals surface area contributed by atoms with Crippen LogP contribution in [0.1, 0.15) is 23.6 Å². The highest BCUT2D eigenvalue weighted by atomic mass is 127. The number of ether oxygens (including phenoxy) is 2. The lowest BCUT2D eigenvalue weighted by molar-refractivity contribution is -0.112. The van der Waals surface area contributed by atoms with E-state index in [9.17, 15) is 10.1 Å². The summed E-state index contributed by atoms with van der Waals surface area (Å²) in [7, 11) is 1.58. The zero-order valence-electron chi connectivity index (χ0n) is 15.7. The van der Waals surface area contributed by atoms with Gasteiger partial charge in [0.1, 0.15) is 11.6 Å². The number of amides is 1. The maximum atomic E-state index is 12.5. The lowest BCUT2D eigenvalue weighted by Gasteiger charge is -2.12. The van der Waals surface area contributed by atoms with Crippen LogP contribution in [-0.2, 0) is 4.79 Å². The summed E-state index contributed by atoms with van der Waals surface area (Å²) in [5, 5.41) is 12.3.